The van der Waals surface area contributed by atoms with Crippen LogP contribution in [-0.4, -0.2) is 40.7 Å². The van der Waals surface area contributed by atoms with Gasteiger partial charge in [-0.1, -0.05) is 6.07 Å². The molecule has 1 aliphatic heterocycles. The lowest BCUT2D eigenvalue weighted by Gasteiger charge is -2.32. The highest BCUT2D eigenvalue weighted by atomic mass is 19.1. The molecule has 0 aliphatic carbocycles. The first-order valence-corrected chi connectivity index (χ1v) is 8.38. The highest BCUT2D eigenvalue weighted by molar-refractivity contribution is 5.76. The molecule has 24 heavy (non-hydrogen) atoms. The zero-order valence-corrected chi connectivity index (χ0v) is 13.6. The molecule has 0 unspecified atom stereocenters. The average molecular weight is 331 g/mol. The Morgan fingerprint density at radius 1 is 1.42 bits per heavy atom. The molecule has 1 atom stereocenters. The molecule has 0 saturated carbocycles. The van der Waals surface area contributed by atoms with Crippen LogP contribution in [-0.2, 0) is 4.79 Å². The van der Waals surface area contributed by atoms with Crippen LogP contribution in [0.4, 0.5) is 4.39 Å². The van der Waals surface area contributed by atoms with E-state index in [0.717, 1.165) is 31.6 Å². The van der Waals surface area contributed by atoms with Crippen molar-refractivity contribution in [2.75, 3.05) is 19.7 Å². The van der Waals surface area contributed by atoms with Crippen molar-refractivity contribution < 1.29 is 13.9 Å². The maximum absolute atomic E-state index is 13.1. The minimum Gasteiger partial charge on any atom is -0.493 e. The highest BCUT2D eigenvalue weighted by Crippen LogP contribution is 2.25. The first kappa shape index (κ1) is 16.5. The van der Waals surface area contributed by atoms with E-state index in [1.54, 1.807) is 18.3 Å². The van der Waals surface area contributed by atoms with Crippen molar-refractivity contribution in [3.63, 3.8) is 0 Å². The Morgan fingerprint density at radius 2 is 2.33 bits per heavy atom. The van der Waals surface area contributed by atoms with Crippen molar-refractivity contribution in [3.8, 4) is 5.75 Å². The lowest BCUT2D eigenvalue weighted by Crippen LogP contribution is -2.39. The Morgan fingerprint density at radius 3 is 3.12 bits per heavy atom. The largest absolute Gasteiger partial charge is 0.493 e. The van der Waals surface area contributed by atoms with Gasteiger partial charge in [-0.25, -0.2) is 4.39 Å². The van der Waals surface area contributed by atoms with Crippen molar-refractivity contribution in [3.05, 3.63) is 48.0 Å². The lowest BCUT2D eigenvalue weighted by atomic mass is 9.94. The van der Waals surface area contributed by atoms with E-state index in [0.29, 0.717) is 31.1 Å². The predicted molar refractivity (Wildman–Crippen MR) is 88.3 cm³/mol. The number of aromatic amines is 1. The SMILES string of the molecule is O=C(CCCOc1cccc(F)c1)N1CCC[C@H](c2ccn[nH]2)C1. The van der Waals surface area contributed by atoms with Crippen molar-refractivity contribution in [2.24, 2.45) is 0 Å². The summed E-state index contributed by atoms with van der Waals surface area (Å²) in [4.78, 5) is 14.3. The maximum atomic E-state index is 13.1. The number of likely N-dealkylation sites (tertiary alicyclic amines) is 1. The normalized spacial score (nSPS) is 17.7. The number of aromatic nitrogens is 2. The Balaban J connectivity index is 1.41. The molecule has 5 nitrogen and oxygen atoms in total. The summed E-state index contributed by atoms with van der Waals surface area (Å²) in [6.45, 7) is 1.97. The van der Waals surface area contributed by atoms with Gasteiger partial charge in [0.05, 0.1) is 6.61 Å². The topological polar surface area (TPSA) is 58.2 Å². The highest BCUT2D eigenvalue weighted by Gasteiger charge is 2.25. The minimum absolute atomic E-state index is 0.155. The molecule has 0 bridgehead atoms. The molecule has 1 aromatic heterocycles. The van der Waals surface area contributed by atoms with Crippen molar-refractivity contribution in [1.29, 1.82) is 0 Å². The van der Waals surface area contributed by atoms with Crippen LogP contribution >= 0.6 is 0 Å². The van der Waals surface area contributed by atoms with Crippen LogP contribution in [0.3, 0.4) is 0 Å². The fourth-order valence-corrected chi connectivity index (χ4v) is 3.08. The van der Waals surface area contributed by atoms with Gasteiger partial charge in [0.15, 0.2) is 0 Å². The zero-order chi connectivity index (χ0) is 16.8. The van der Waals surface area contributed by atoms with Gasteiger partial charge in [-0.15, -0.1) is 0 Å². The molecular weight excluding hydrogens is 309 g/mol. The van der Waals surface area contributed by atoms with Gasteiger partial charge in [-0.05, 0) is 37.5 Å². The van der Waals surface area contributed by atoms with Gasteiger partial charge in [-0.3, -0.25) is 9.89 Å². The molecule has 128 valence electrons. The second-order valence-corrected chi connectivity index (χ2v) is 6.10. The van der Waals surface area contributed by atoms with Crippen molar-refractivity contribution >= 4 is 5.91 Å². The van der Waals surface area contributed by atoms with Crippen molar-refractivity contribution in [2.45, 2.75) is 31.6 Å². The van der Waals surface area contributed by atoms with E-state index in [1.807, 2.05) is 11.0 Å². The van der Waals surface area contributed by atoms with Gasteiger partial charge in [0.2, 0.25) is 5.91 Å². The monoisotopic (exact) mass is 331 g/mol. The summed E-state index contributed by atoms with van der Waals surface area (Å²) in [6, 6.07) is 8.03. The van der Waals surface area contributed by atoms with E-state index in [1.165, 1.54) is 12.1 Å². The van der Waals surface area contributed by atoms with E-state index in [2.05, 4.69) is 10.2 Å². The summed E-state index contributed by atoms with van der Waals surface area (Å²) < 4.78 is 18.5. The second kappa shape index (κ2) is 7.95. The second-order valence-electron chi connectivity index (χ2n) is 6.10. The lowest BCUT2D eigenvalue weighted by molar-refractivity contribution is -0.132. The number of ether oxygens (including phenoxy) is 1. The van der Waals surface area contributed by atoms with Gasteiger partial charge in [0, 0.05) is 43.4 Å². The fraction of sp³-hybridized carbons (Fsp3) is 0.444. The van der Waals surface area contributed by atoms with Gasteiger partial charge in [0.25, 0.3) is 0 Å². The zero-order valence-electron chi connectivity index (χ0n) is 13.6. The number of carbonyl (C=O) groups is 1. The molecule has 1 amide bonds. The molecule has 1 aliphatic rings. The standard InChI is InChI=1S/C18H22FN3O2/c19-15-5-1-6-16(12-15)24-11-3-7-18(23)22-10-2-4-14(13-22)17-8-9-20-21-17/h1,5-6,8-9,12,14H,2-4,7,10-11,13H2,(H,20,21)/t14-/m0/s1. The number of benzene rings is 1. The molecule has 1 saturated heterocycles. The van der Waals surface area contributed by atoms with E-state index >= 15 is 0 Å². The van der Waals surface area contributed by atoms with Gasteiger partial charge in [-0.2, -0.15) is 5.10 Å². The minimum atomic E-state index is -0.318. The Labute approximate surface area is 140 Å². The number of H-pyrrole nitrogens is 1. The van der Waals surface area contributed by atoms with Gasteiger partial charge < -0.3 is 9.64 Å². The quantitative estimate of drug-likeness (QED) is 0.828. The van der Waals surface area contributed by atoms with Crippen LogP contribution in [0.25, 0.3) is 0 Å². The molecular formula is C18H22FN3O2. The third kappa shape index (κ3) is 4.34. The number of hydrogen-bond donors (Lipinski definition) is 1. The molecule has 0 radical (unpaired) electrons. The number of carbonyl (C=O) groups excluding carboxylic acids is 1. The number of amides is 1. The third-order valence-corrected chi connectivity index (χ3v) is 4.34. The van der Waals surface area contributed by atoms with Crippen LogP contribution in [0.1, 0.15) is 37.3 Å². The van der Waals surface area contributed by atoms with Crippen LogP contribution in [0.15, 0.2) is 36.5 Å². The summed E-state index contributed by atoms with van der Waals surface area (Å²) in [5, 5.41) is 6.99. The van der Waals surface area contributed by atoms with E-state index in [4.69, 9.17) is 4.74 Å². The van der Waals surface area contributed by atoms with Crippen LogP contribution in [0, 0.1) is 5.82 Å². The summed E-state index contributed by atoms with van der Waals surface area (Å²) in [6.07, 6.45) is 4.91. The smallest absolute Gasteiger partial charge is 0.222 e. The molecule has 1 fully saturated rings. The molecule has 1 N–H and O–H groups in total. The van der Waals surface area contributed by atoms with Crippen molar-refractivity contribution in [1.82, 2.24) is 15.1 Å². The first-order valence-electron chi connectivity index (χ1n) is 8.38. The fourth-order valence-electron chi connectivity index (χ4n) is 3.08. The number of nitrogens with one attached hydrogen (secondary N) is 1. The number of rotatable bonds is 6. The number of nitrogens with zero attached hydrogens (tertiary/aromatic N) is 2. The first-order chi connectivity index (χ1) is 11.7. The average Bonchev–Trinajstić information content (AvgIpc) is 3.13. The number of piperidine rings is 1. The number of hydrogen-bond acceptors (Lipinski definition) is 3. The molecule has 2 aromatic rings. The van der Waals surface area contributed by atoms with Crippen LogP contribution in [0.2, 0.25) is 0 Å². The Kier molecular flexibility index (Phi) is 5.46. The Bertz CT molecular complexity index is 660. The molecule has 1 aromatic carbocycles. The van der Waals surface area contributed by atoms with Crippen LogP contribution in [0.5, 0.6) is 5.75 Å². The molecule has 0 spiro atoms. The van der Waals surface area contributed by atoms with E-state index in [-0.39, 0.29) is 11.7 Å². The predicted octanol–water partition coefficient (Wildman–Crippen LogP) is 3.11. The number of halogens is 1. The summed E-state index contributed by atoms with van der Waals surface area (Å²) in [5.41, 5.74) is 1.10. The molecule has 6 heteroatoms. The van der Waals surface area contributed by atoms with E-state index in [9.17, 15) is 9.18 Å². The molecule has 3 rings (SSSR count). The van der Waals surface area contributed by atoms with E-state index < -0.39 is 0 Å². The van der Waals surface area contributed by atoms with Crippen LogP contribution < -0.4 is 4.74 Å². The summed E-state index contributed by atoms with van der Waals surface area (Å²) in [5.74, 6) is 0.678. The maximum Gasteiger partial charge on any atom is 0.222 e. The third-order valence-electron chi connectivity index (χ3n) is 4.34. The van der Waals surface area contributed by atoms with Gasteiger partial charge >= 0.3 is 0 Å². The summed E-state index contributed by atoms with van der Waals surface area (Å²) >= 11 is 0. The van der Waals surface area contributed by atoms with Gasteiger partial charge in [0.1, 0.15) is 11.6 Å². The summed E-state index contributed by atoms with van der Waals surface area (Å²) in [7, 11) is 0. The molecule has 2 heterocycles. The Hall–Kier alpha value is -2.37.